The number of nitrogens with one attached hydrogen (secondary N) is 1. The molecule has 5 nitrogen and oxygen atoms in total. The maximum atomic E-state index is 12.0. The summed E-state index contributed by atoms with van der Waals surface area (Å²) in [5.74, 6) is -0.328. The molecule has 1 aliphatic rings. The van der Waals surface area contributed by atoms with Crippen molar-refractivity contribution in [2.45, 2.75) is 32.2 Å². The maximum Gasteiger partial charge on any atom is 0.317 e. The lowest BCUT2D eigenvalue weighted by Gasteiger charge is -2.31. The van der Waals surface area contributed by atoms with Gasteiger partial charge in [0.25, 0.3) is 0 Å². The van der Waals surface area contributed by atoms with Crippen LogP contribution in [0.25, 0.3) is 0 Å². The molecule has 0 radical (unpaired) electrons. The summed E-state index contributed by atoms with van der Waals surface area (Å²) in [5.41, 5.74) is 0. The second kappa shape index (κ2) is 7.66. The predicted octanol–water partition coefficient (Wildman–Crippen LogP) is 3.19. The molecule has 116 valence electrons. The van der Waals surface area contributed by atoms with E-state index in [1.54, 1.807) is 4.90 Å². The molecule has 1 aliphatic heterocycles. The summed E-state index contributed by atoms with van der Waals surface area (Å²) < 4.78 is 0.721. The fraction of sp³-hybridized carbons (Fsp3) is 0.571. The Kier molecular flexibility index (Phi) is 5.87. The van der Waals surface area contributed by atoms with Gasteiger partial charge in [0, 0.05) is 24.4 Å². The number of carbonyl (C=O) groups excluding carboxylic acids is 1. The quantitative estimate of drug-likeness (QED) is 0.871. The zero-order valence-electron chi connectivity index (χ0n) is 11.7. The molecule has 0 spiro atoms. The summed E-state index contributed by atoms with van der Waals surface area (Å²) in [7, 11) is 0. The van der Waals surface area contributed by atoms with Crippen LogP contribution in [-0.4, -0.2) is 35.1 Å². The van der Waals surface area contributed by atoms with Crippen LogP contribution in [0.4, 0.5) is 4.79 Å². The Balaban J connectivity index is 1.69. The molecule has 21 heavy (non-hydrogen) atoms. The van der Waals surface area contributed by atoms with E-state index in [9.17, 15) is 9.59 Å². The molecule has 0 aromatic carbocycles. The van der Waals surface area contributed by atoms with E-state index in [0.29, 0.717) is 32.0 Å². The number of rotatable bonds is 5. The zero-order valence-corrected chi connectivity index (χ0v) is 13.3. The summed E-state index contributed by atoms with van der Waals surface area (Å²) in [6.07, 6.45) is 2.69. The number of urea groups is 1. The molecule has 0 aliphatic carbocycles. The van der Waals surface area contributed by atoms with Gasteiger partial charge in [0.1, 0.15) is 0 Å². The van der Waals surface area contributed by atoms with E-state index in [1.807, 2.05) is 12.1 Å². The third-order valence-electron chi connectivity index (χ3n) is 3.71. The Morgan fingerprint density at radius 3 is 2.67 bits per heavy atom. The van der Waals surface area contributed by atoms with Gasteiger partial charge in [-0.3, -0.25) is 4.79 Å². The van der Waals surface area contributed by atoms with Gasteiger partial charge in [0.2, 0.25) is 0 Å². The number of likely N-dealkylation sites (tertiary alicyclic amines) is 1. The summed E-state index contributed by atoms with van der Waals surface area (Å²) >= 11 is 7.31. The highest BCUT2D eigenvalue weighted by atomic mass is 35.5. The number of halogens is 1. The van der Waals surface area contributed by atoms with Crippen molar-refractivity contribution >= 4 is 34.9 Å². The van der Waals surface area contributed by atoms with Crippen molar-refractivity contribution < 1.29 is 14.7 Å². The minimum absolute atomic E-state index is 0.0591. The largest absolute Gasteiger partial charge is 0.481 e. The first-order valence-corrected chi connectivity index (χ1v) is 8.23. The van der Waals surface area contributed by atoms with E-state index in [0.717, 1.165) is 22.1 Å². The Labute approximate surface area is 132 Å². The van der Waals surface area contributed by atoms with Crippen LogP contribution in [0.15, 0.2) is 12.1 Å². The molecule has 2 heterocycles. The molecule has 1 aromatic rings. The monoisotopic (exact) mass is 330 g/mol. The third-order valence-corrected chi connectivity index (χ3v) is 4.94. The van der Waals surface area contributed by atoms with Gasteiger partial charge < -0.3 is 15.3 Å². The second-order valence-corrected chi connectivity index (χ2v) is 7.03. The third kappa shape index (κ3) is 5.21. The first-order chi connectivity index (χ1) is 10.0. The van der Waals surface area contributed by atoms with E-state index in [4.69, 9.17) is 16.7 Å². The van der Waals surface area contributed by atoms with Crippen molar-refractivity contribution in [1.82, 2.24) is 10.2 Å². The lowest BCUT2D eigenvalue weighted by Crippen LogP contribution is -2.44. The maximum absolute atomic E-state index is 12.0. The number of thiophene rings is 1. The number of piperidine rings is 1. The second-order valence-electron chi connectivity index (χ2n) is 5.23. The van der Waals surface area contributed by atoms with Crippen molar-refractivity contribution in [3.63, 3.8) is 0 Å². The fourth-order valence-electron chi connectivity index (χ4n) is 2.47. The number of amides is 2. The standard InChI is InChI=1S/C14H19ClN2O3S/c15-12-3-2-11(21-12)9-16-14(20)17-7-5-10(6-8-17)1-4-13(18)19/h2-3,10H,1,4-9H2,(H,16,20)(H,18,19). The minimum Gasteiger partial charge on any atom is -0.481 e. The van der Waals surface area contributed by atoms with Crippen LogP contribution in [-0.2, 0) is 11.3 Å². The molecule has 2 rings (SSSR count). The first kappa shape index (κ1) is 16.1. The van der Waals surface area contributed by atoms with Crippen LogP contribution in [0.3, 0.4) is 0 Å². The van der Waals surface area contributed by atoms with Crippen LogP contribution in [0.5, 0.6) is 0 Å². The summed E-state index contributed by atoms with van der Waals surface area (Å²) in [5, 5.41) is 11.6. The van der Waals surface area contributed by atoms with Crippen LogP contribution >= 0.6 is 22.9 Å². The van der Waals surface area contributed by atoms with E-state index in [-0.39, 0.29) is 12.5 Å². The number of carboxylic acids is 1. The van der Waals surface area contributed by atoms with E-state index < -0.39 is 5.97 Å². The van der Waals surface area contributed by atoms with Crippen molar-refractivity contribution in [3.05, 3.63) is 21.3 Å². The predicted molar refractivity (Wildman–Crippen MR) is 82.7 cm³/mol. The number of nitrogens with zero attached hydrogens (tertiary/aromatic N) is 1. The fourth-order valence-corrected chi connectivity index (χ4v) is 3.50. The van der Waals surface area contributed by atoms with Gasteiger partial charge in [-0.2, -0.15) is 0 Å². The highest BCUT2D eigenvalue weighted by Crippen LogP contribution is 2.23. The highest BCUT2D eigenvalue weighted by Gasteiger charge is 2.22. The number of hydrogen-bond acceptors (Lipinski definition) is 3. The van der Waals surface area contributed by atoms with E-state index >= 15 is 0 Å². The summed E-state index contributed by atoms with van der Waals surface area (Å²) in [6, 6.07) is 3.67. The Morgan fingerprint density at radius 2 is 2.10 bits per heavy atom. The van der Waals surface area contributed by atoms with E-state index in [1.165, 1.54) is 11.3 Å². The van der Waals surface area contributed by atoms with Gasteiger partial charge in [0.15, 0.2) is 0 Å². The average molecular weight is 331 g/mol. The molecule has 1 saturated heterocycles. The van der Waals surface area contributed by atoms with Gasteiger partial charge in [-0.05, 0) is 37.3 Å². The highest BCUT2D eigenvalue weighted by molar-refractivity contribution is 7.16. The molecule has 1 aromatic heterocycles. The average Bonchev–Trinajstić information content (AvgIpc) is 2.89. The van der Waals surface area contributed by atoms with Crippen LogP contribution in [0.1, 0.15) is 30.6 Å². The van der Waals surface area contributed by atoms with Crippen LogP contribution in [0, 0.1) is 5.92 Å². The van der Waals surface area contributed by atoms with Gasteiger partial charge in [-0.25, -0.2) is 4.79 Å². The summed E-state index contributed by atoms with van der Waals surface area (Å²) in [6.45, 7) is 1.89. The molecule has 0 bridgehead atoms. The molecular weight excluding hydrogens is 312 g/mol. The normalized spacial score (nSPS) is 16.0. The van der Waals surface area contributed by atoms with Crippen molar-refractivity contribution in [1.29, 1.82) is 0 Å². The van der Waals surface area contributed by atoms with E-state index in [2.05, 4.69) is 5.32 Å². The molecule has 0 atom stereocenters. The molecule has 1 fully saturated rings. The molecule has 0 unspecified atom stereocenters. The first-order valence-electron chi connectivity index (χ1n) is 7.03. The van der Waals surface area contributed by atoms with Crippen molar-refractivity contribution in [2.24, 2.45) is 5.92 Å². The number of hydrogen-bond donors (Lipinski definition) is 2. The number of carboxylic acid groups (broad SMARTS) is 1. The van der Waals surface area contributed by atoms with Crippen LogP contribution in [0.2, 0.25) is 4.34 Å². The lowest BCUT2D eigenvalue weighted by molar-refractivity contribution is -0.137. The number of aliphatic carboxylic acids is 1. The minimum atomic E-state index is -0.746. The van der Waals surface area contributed by atoms with Crippen molar-refractivity contribution in [3.8, 4) is 0 Å². The molecule has 0 saturated carbocycles. The lowest BCUT2D eigenvalue weighted by atomic mass is 9.92. The molecule has 2 amide bonds. The smallest absolute Gasteiger partial charge is 0.317 e. The van der Waals surface area contributed by atoms with Gasteiger partial charge in [-0.15, -0.1) is 11.3 Å². The van der Waals surface area contributed by atoms with Gasteiger partial charge in [-0.1, -0.05) is 11.6 Å². The van der Waals surface area contributed by atoms with Crippen molar-refractivity contribution in [2.75, 3.05) is 13.1 Å². The topological polar surface area (TPSA) is 69.6 Å². The van der Waals surface area contributed by atoms with Gasteiger partial charge >= 0.3 is 12.0 Å². The molecule has 7 heteroatoms. The Hall–Kier alpha value is -1.27. The van der Waals surface area contributed by atoms with Gasteiger partial charge in [0.05, 0.1) is 10.9 Å². The molecule has 2 N–H and O–H groups in total. The Morgan fingerprint density at radius 1 is 1.38 bits per heavy atom. The summed E-state index contributed by atoms with van der Waals surface area (Å²) in [4.78, 5) is 25.4. The Bertz CT molecular complexity index is 498. The van der Waals surface area contributed by atoms with Crippen LogP contribution < -0.4 is 5.32 Å². The number of carbonyl (C=O) groups is 2. The molecular formula is C14H19ClN2O3S. The SMILES string of the molecule is O=C(O)CCC1CCN(C(=O)NCc2ccc(Cl)s2)CC1. The zero-order chi connectivity index (χ0) is 15.2.